The van der Waals surface area contributed by atoms with Crippen LogP contribution in [0.15, 0.2) is 59.5 Å². The Labute approximate surface area is 337 Å². The number of anilines is 2. The number of halogens is 1. The number of imide groups is 2. The molecule has 6 aliphatic heterocycles. The molecule has 15 heteroatoms. The summed E-state index contributed by atoms with van der Waals surface area (Å²) in [7, 11) is -3.68. The lowest BCUT2D eigenvalue weighted by atomic mass is 9.76. The van der Waals surface area contributed by atoms with Gasteiger partial charge in [-0.05, 0) is 111 Å². The summed E-state index contributed by atoms with van der Waals surface area (Å²) < 4.78 is 29.2. The lowest BCUT2D eigenvalue weighted by Crippen LogP contribution is -2.54. The van der Waals surface area contributed by atoms with E-state index < -0.39 is 39.7 Å². The highest BCUT2D eigenvalue weighted by Gasteiger charge is 2.47. The fraction of sp³-hybridized carbons (Fsp3) is 0.452. The summed E-state index contributed by atoms with van der Waals surface area (Å²) in [5.41, 5.74) is 5.23. The van der Waals surface area contributed by atoms with E-state index >= 15 is 0 Å². The molecule has 0 saturated carbocycles. The molecule has 1 unspecified atom stereocenters. The van der Waals surface area contributed by atoms with Gasteiger partial charge in [-0.3, -0.25) is 34.3 Å². The highest BCUT2D eigenvalue weighted by molar-refractivity contribution is 7.89. The molecule has 13 nitrogen and oxygen atoms in total. The molecule has 1 spiro atoms. The highest BCUT2D eigenvalue weighted by atomic mass is 35.5. The largest absolute Gasteiger partial charge is 0.371 e. The average Bonchev–Trinajstić information content (AvgIpc) is 3.85. The zero-order valence-corrected chi connectivity index (χ0v) is 33.3. The Morgan fingerprint density at radius 1 is 0.842 bits per heavy atom. The summed E-state index contributed by atoms with van der Waals surface area (Å²) in [4.78, 5) is 62.6. The maximum absolute atomic E-state index is 13.8. The monoisotopic (exact) mass is 809 g/mol. The number of nitrogens with one attached hydrogen (secondary N) is 1. The van der Waals surface area contributed by atoms with Gasteiger partial charge >= 0.3 is 0 Å². The molecule has 2 atom stereocenters. The number of sulfonamides is 1. The van der Waals surface area contributed by atoms with Crippen molar-refractivity contribution in [1.82, 2.24) is 19.4 Å². The van der Waals surface area contributed by atoms with Crippen molar-refractivity contribution < 1.29 is 27.6 Å². The Morgan fingerprint density at radius 2 is 1.47 bits per heavy atom. The molecule has 0 bridgehead atoms. The molecule has 6 aliphatic rings. The third-order valence-corrected chi connectivity index (χ3v) is 15.5. The second kappa shape index (κ2) is 14.2. The fourth-order valence-corrected chi connectivity index (χ4v) is 11.8. The van der Waals surface area contributed by atoms with Crippen LogP contribution in [-0.4, -0.2) is 97.0 Å². The Balaban J connectivity index is 0.783. The highest BCUT2D eigenvalue weighted by Crippen LogP contribution is 2.46. The molecule has 1 N–H and O–H groups in total. The minimum atomic E-state index is -3.68. The molecule has 0 aliphatic carbocycles. The second-order valence-electron chi connectivity index (χ2n) is 16.6. The van der Waals surface area contributed by atoms with Crippen molar-refractivity contribution in [3.63, 3.8) is 0 Å². The van der Waals surface area contributed by atoms with Crippen molar-refractivity contribution in [2.75, 3.05) is 42.5 Å². The van der Waals surface area contributed by atoms with E-state index in [4.69, 9.17) is 18.2 Å². The van der Waals surface area contributed by atoms with Crippen LogP contribution < -0.4 is 15.1 Å². The quantitative estimate of drug-likeness (QED) is 0.259. The van der Waals surface area contributed by atoms with Crippen molar-refractivity contribution in [2.24, 2.45) is 5.41 Å². The number of hydrogen-bond donors (Lipinski definition) is 1. The topological polar surface area (TPSA) is 135 Å². The minimum Gasteiger partial charge on any atom is -0.371 e. The number of piperidine rings is 3. The maximum atomic E-state index is 13.8. The van der Waals surface area contributed by atoms with E-state index in [1.165, 1.54) is 0 Å². The molecule has 0 radical (unpaired) electrons. The van der Waals surface area contributed by atoms with E-state index in [-0.39, 0.29) is 35.4 Å². The number of benzene rings is 3. The summed E-state index contributed by atoms with van der Waals surface area (Å²) in [6, 6.07) is 16.1. The number of nitrogens with zero attached hydrogens (tertiary/aromatic N) is 6. The summed E-state index contributed by atoms with van der Waals surface area (Å²) in [5.74, 6) is -2.06. The van der Waals surface area contributed by atoms with Gasteiger partial charge in [-0.15, -0.1) is 0 Å². The van der Waals surface area contributed by atoms with Gasteiger partial charge in [-0.1, -0.05) is 17.7 Å². The van der Waals surface area contributed by atoms with E-state index in [1.807, 2.05) is 24.3 Å². The lowest BCUT2D eigenvalue weighted by molar-refractivity contribution is -0.136. The number of carbonyl (C=O) groups is 4. The fourth-order valence-electron chi connectivity index (χ4n) is 10.1. The molecule has 3 aromatic carbocycles. The molecule has 9 rings (SSSR count). The number of amides is 4. The van der Waals surface area contributed by atoms with Gasteiger partial charge in [0.05, 0.1) is 22.6 Å². The van der Waals surface area contributed by atoms with E-state index in [2.05, 4.69) is 31.8 Å². The Morgan fingerprint density at radius 3 is 2.07 bits per heavy atom. The molecule has 3 aromatic rings. The summed E-state index contributed by atoms with van der Waals surface area (Å²) in [6.45, 7) is 14.3. The maximum Gasteiger partial charge on any atom is 0.262 e. The van der Waals surface area contributed by atoms with E-state index in [0.717, 1.165) is 66.3 Å². The Kier molecular flexibility index (Phi) is 9.42. The number of rotatable bonds is 6. The molecule has 57 heavy (non-hydrogen) atoms. The van der Waals surface area contributed by atoms with Crippen molar-refractivity contribution in [3.05, 3.63) is 93.3 Å². The van der Waals surface area contributed by atoms with Crippen LogP contribution in [0.3, 0.4) is 0 Å². The van der Waals surface area contributed by atoms with Crippen molar-refractivity contribution >= 4 is 62.3 Å². The van der Waals surface area contributed by atoms with Crippen LogP contribution in [0.1, 0.15) is 83.7 Å². The van der Waals surface area contributed by atoms with Crippen LogP contribution >= 0.6 is 11.6 Å². The van der Waals surface area contributed by atoms with Crippen molar-refractivity contribution in [3.8, 4) is 0 Å². The second-order valence-corrected chi connectivity index (χ2v) is 18.9. The third-order valence-electron chi connectivity index (χ3n) is 13.3. The molecular formula is C42H44ClN7O6S. The molecular weight excluding hydrogens is 766 g/mol. The minimum absolute atomic E-state index is 0.0719. The predicted molar refractivity (Wildman–Crippen MR) is 214 cm³/mol. The SMILES string of the molecule is [C-]#[N+]c1ccc(N2CC3(CCN(c4ccc(S(=O)(=O)N5CCC(N6Cc7cc8c(cc7C6)C(=O)N(C6CCC(=O)NC6=O)C8=O)CC5)cc4)CC3)C[C@@H]2C)cc1Cl. The van der Waals surface area contributed by atoms with Crippen LogP contribution in [0.25, 0.3) is 4.85 Å². The zero-order chi connectivity index (χ0) is 39.8. The molecule has 6 heterocycles. The first-order valence-electron chi connectivity index (χ1n) is 19.7. The van der Waals surface area contributed by atoms with E-state index in [9.17, 15) is 27.6 Å². The van der Waals surface area contributed by atoms with E-state index in [1.54, 1.807) is 34.6 Å². The Hall–Kier alpha value is -4.81. The van der Waals surface area contributed by atoms with Crippen LogP contribution in [0.5, 0.6) is 0 Å². The number of hydrogen-bond acceptors (Lipinski definition) is 9. The van der Waals surface area contributed by atoms with Gasteiger partial charge in [0.1, 0.15) is 6.04 Å². The first kappa shape index (κ1) is 37.7. The van der Waals surface area contributed by atoms with Gasteiger partial charge in [0.2, 0.25) is 27.5 Å². The number of carbonyl (C=O) groups excluding carboxylic acids is 4. The summed E-state index contributed by atoms with van der Waals surface area (Å²) in [5, 5.41) is 2.72. The number of fused-ring (bicyclic) bond motifs is 2. The van der Waals surface area contributed by atoms with Crippen LogP contribution in [0, 0.1) is 12.0 Å². The molecule has 4 fully saturated rings. The normalized spacial score (nSPS) is 24.3. The van der Waals surface area contributed by atoms with Gasteiger partial charge in [0.15, 0.2) is 0 Å². The van der Waals surface area contributed by atoms with Crippen LogP contribution in [-0.2, 0) is 32.7 Å². The zero-order valence-electron chi connectivity index (χ0n) is 31.7. The third kappa shape index (κ3) is 6.58. The molecule has 0 aromatic heterocycles. The van der Waals surface area contributed by atoms with Gasteiger partial charge < -0.3 is 9.80 Å². The molecule has 296 valence electrons. The first-order chi connectivity index (χ1) is 27.3. The Bertz CT molecular complexity index is 2300. The van der Waals surface area contributed by atoms with Crippen LogP contribution in [0.4, 0.5) is 17.1 Å². The summed E-state index contributed by atoms with van der Waals surface area (Å²) in [6.07, 6.45) is 4.69. The van der Waals surface area contributed by atoms with Gasteiger partial charge in [-0.2, -0.15) is 4.31 Å². The molecule has 4 saturated heterocycles. The van der Waals surface area contributed by atoms with Gasteiger partial charge in [-0.25, -0.2) is 13.3 Å². The average molecular weight is 810 g/mol. The first-order valence-corrected chi connectivity index (χ1v) is 21.6. The molecule has 4 amide bonds. The standard InChI is InChI=1S/C42H44ClN7O6S/c1-26-22-42(25-49(26)31-5-8-36(44-2)35(43)21-31)13-17-46(18-14-42)29-3-6-32(7-4-29)57(55,56)48-15-11-30(12-16-48)47-23-27-19-33-34(20-28(27)24-47)41(54)50(40(33)53)37-9-10-38(51)45-39(37)52/h3-8,19-21,26,30,37H,9-18,22-25H2,1H3,(H,45,51,52)/t26-,37?/m0/s1. The van der Waals surface area contributed by atoms with E-state index in [0.29, 0.717) is 60.7 Å². The summed E-state index contributed by atoms with van der Waals surface area (Å²) >= 11 is 6.37. The predicted octanol–water partition coefficient (Wildman–Crippen LogP) is 5.35. The lowest BCUT2D eigenvalue weighted by Gasteiger charge is -2.40. The smallest absolute Gasteiger partial charge is 0.262 e. The van der Waals surface area contributed by atoms with Crippen LogP contribution in [0.2, 0.25) is 5.02 Å². The van der Waals surface area contributed by atoms with Gasteiger partial charge in [0, 0.05) is 80.7 Å². The van der Waals surface area contributed by atoms with Crippen molar-refractivity contribution in [1.29, 1.82) is 0 Å². The van der Waals surface area contributed by atoms with Crippen molar-refractivity contribution in [2.45, 2.75) is 88.0 Å². The van der Waals surface area contributed by atoms with Gasteiger partial charge in [0.25, 0.3) is 11.8 Å².